The monoisotopic (exact) mass is 300 g/mol. The molecule has 0 fully saturated rings. The lowest BCUT2D eigenvalue weighted by Crippen LogP contribution is -1.96. The van der Waals surface area contributed by atoms with Crippen molar-refractivity contribution in [2.75, 3.05) is 5.73 Å². The number of hydrogen-bond acceptors (Lipinski definition) is 6. The highest BCUT2D eigenvalue weighted by Gasteiger charge is 2.08. The molecule has 0 aliphatic rings. The molecule has 108 valence electrons. The van der Waals surface area contributed by atoms with Gasteiger partial charge in [-0.15, -0.1) is 0 Å². The molecule has 3 aromatic rings. The molecule has 0 atom stereocenters. The van der Waals surface area contributed by atoms with Gasteiger partial charge in [-0.25, -0.2) is 19.9 Å². The van der Waals surface area contributed by atoms with Crippen LogP contribution in [0.15, 0.2) is 23.5 Å². The van der Waals surface area contributed by atoms with Crippen molar-refractivity contribution < 1.29 is 0 Å². The van der Waals surface area contributed by atoms with Gasteiger partial charge in [-0.3, -0.25) is 4.40 Å². The van der Waals surface area contributed by atoms with Crippen LogP contribution in [-0.2, 0) is 5.75 Å². The molecule has 0 amide bonds. The fourth-order valence-corrected chi connectivity index (χ4v) is 2.95. The van der Waals surface area contributed by atoms with Crippen LogP contribution >= 0.6 is 11.8 Å². The molecular formula is C14H16N6S. The van der Waals surface area contributed by atoms with Crippen molar-refractivity contribution in [3.8, 4) is 0 Å². The Morgan fingerprint density at radius 1 is 1.05 bits per heavy atom. The van der Waals surface area contributed by atoms with Crippen LogP contribution < -0.4 is 5.73 Å². The minimum Gasteiger partial charge on any atom is -0.384 e. The quantitative estimate of drug-likeness (QED) is 0.590. The van der Waals surface area contributed by atoms with E-state index >= 15 is 0 Å². The second kappa shape index (κ2) is 5.33. The van der Waals surface area contributed by atoms with E-state index in [4.69, 9.17) is 5.73 Å². The van der Waals surface area contributed by atoms with Crippen LogP contribution in [0.2, 0.25) is 0 Å². The number of hydrogen-bond donors (Lipinski definition) is 1. The molecule has 0 unspecified atom stereocenters. The fourth-order valence-electron chi connectivity index (χ4n) is 2.16. The van der Waals surface area contributed by atoms with E-state index in [9.17, 15) is 0 Å². The van der Waals surface area contributed by atoms with Gasteiger partial charge in [0.05, 0.1) is 5.69 Å². The van der Waals surface area contributed by atoms with Gasteiger partial charge < -0.3 is 5.73 Å². The predicted octanol–water partition coefficient (Wildman–Crippen LogP) is 2.32. The third-order valence-corrected chi connectivity index (χ3v) is 3.89. The van der Waals surface area contributed by atoms with E-state index in [0.717, 1.165) is 28.6 Å². The number of nitrogens with two attached hydrogens (primary N) is 1. The largest absolute Gasteiger partial charge is 0.384 e. The maximum Gasteiger partial charge on any atom is 0.234 e. The Morgan fingerprint density at radius 3 is 2.57 bits per heavy atom. The van der Waals surface area contributed by atoms with Gasteiger partial charge in [-0.1, -0.05) is 11.8 Å². The topological polar surface area (TPSA) is 82.0 Å². The molecule has 3 rings (SSSR count). The third kappa shape index (κ3) is 2.97. The summed E-state index contributed by atoms with van der Waals surface area (Å²) in [5.74, 6) is 1.91. The number of nitrogen functional groups attached to an aromatic ring is 1. The van der Waals surface area contributed by atoms with Crippen molar-refractivity contribution in [2.24, 2.45) is 0 Å². The Morgan fingerprint density at radius 2 is 1.81 bits per heavy atom. The van der Waals surface area contributed by atoms with Gasteiger partial charge in [0.1, 0.15) is 5.82 Å². The number of anilines is 1. The maximum atomic E-state index is 5.73. The number of rotatable bonds is 3. The van der Waals surface area contributed by atoms with E-state index in [1.54, 1.807) is 6.07 Å². The maximum absolute atomic E-state index is 5.73. The van der Waals surface area contributed by atoms with Gasteiger partial charge in [0.15, 0.2) is 5.16 Å². The number of fused-ring (bicyclic) bond motifs is 1. The van der Waals surface area contributed by atoms with Crippen molar-refractivity contribution >= 4 is 23.4 Å². The summed E-state index contributed by atoms with van der Waals surface area (Å²) >= 11 is 1.52. The molecule has 3 heterocycles. The number of aromatic nitrogens is 5. The molecule has 3 aromatic heterocycles. The lowest BCUT2D eigenvalue weighted by Gasteiger charge is -2.01. The molecule has 0 saturated heterocycles. The normalized spacial score (nSPS) is 11.2. The molecule has 0 radical (unpaired) electrons. The average Bonchev–Trinajstić information content (AvgIpc) is 2.78. The van der Waals surface area contributed by atoms with Gasteiger partial charge in [0, 0.05) is 35.1 Å². The summed E-state index contributed by atoms with van der Waals surface area (Å²) in [5, 5.41) is 0.672. The Bertz CT molecular complexity index is 790. The van der Waals surface area contributed by atoms with Crippen LogP contribution in [0, 0.1) is 20.8 Å². The van der Waals surface area contributed by atoms with Crippen LogP contribution in [0.4, 0.5) is 5.82 Å². The molecular weight excluding hydrogens is 284 g/mol. The van der Waals surface area contributed by atoms with Crippen LogP contribution in [-0.4, -0.2) is 24.3 Å². The molecule has 0 aliphatic carbocycles. The summed E-state index contributed by atoms with van der Waals surface area (Å²) < 4.78 is 1.99. The van der Waals surface area contributed by atoms with E-state index in [0.29, 0.717) is 16.7 Å². The fraction of sp³-hybridized carbons (Fsp3) is 0.286. The van der Waals surface area contributed by atoms with Crippen molar-refractivity contribution in [1.82, 2.24) is 24.3 Å². The Hall–Kier alpha value is -2.15. The predicted molar refractivity (Wildman–Crippen MR) is 83.2 cm³/mol. The van der Waals surface area contributed by atoms with Crippen molar-refractivity contribution in [2.45, 2.75) is 31.7 Å². The molecule has 0 bridgehead atoms. The van der Waals surface area contributed by atoms with Crippen molar-refractivity contribution in [1.29, 1.82) is 0 Å². The Labute approximate surface area is 126 Å². The van der Waals surface area contributed by atoms with E-state index in [-0.39, 0.29) is 0 Å². The summed E-state index contributed by atoms with van der Waals surface area (Å²) in [6.45, 7) is 5.92. The second-order valence-electron chi connectivity index (χ2n) is 4.95. The molecule has 0 saturated carbocycles. The van der Waals surface area contributed by atoms with E-state index < -0.39 is 0 Å². The van der Waals surface area contributed by atoms with Gasteiger partial charge in [-0.2, -0.15) is 0 Å². The molecule has 21 heavy (non-hydrogen) atoms. The van der Waals surface area contributed by atoms with Gasteiger partial charge in [-0.05, 0) is 26.8 Å². The van der Waals surface area contributed by atoms with Crippen LogP contribution in [0.1, 0.15) is 22.8 Å². The highest BCUT2D eigenvalue weighted by molar-refractivity contribution is 7.98. The summed E-state index contributed by atoms with van der Waals surface area (Å²) in [5.41, 5.74) is 9.64. The average molecular weight is 300 g/mol. The van der Waals surface area contributed by atoms with Gasteiger partial charge in [0.2, 0.25) is 5.78 Å². The van der Waals surface area contributed by atoms with E-state index in [2.05, 4.69) is 19.9 Å². The van der Waals surface area contributed by atoms with Crippen LogP contribution in [0.3, 0.4) is 0 Å². The third-order valence-electron chi connectivity index (χ3n) is 3.01. The van der Waals surface area contributed by atoms with E-state index in [1.165, 1.54) is 11.8 Å². The smallest absolute Gasteiger partial charge is 0.234 e. The lowest BCUT2D eigenvalue weighted by molar-refractivity contribution is 0.939. The summed E-state index contributed by atoms with van der Waals surface area (Å²) in [6.07, 6.45) is 2.00. The van der Waals surface area contributed by atoms with Crippen LogP contribution in [0.25, 0.3) is 5.78 Å². The molecule has 2 N–H and O–H groups in total. The lowest BCUT2D eigenvalue weighted by atomic mass is 10.3. The minimum absolute atomic E-state index is 0.494. The first kappa shape index (κ1) is 13.8. The first-order valence-corrected chi connectivity index (χ1v) is 7.56. The standard InChI is InChI=1S/C14H16N6S/c1-8-4-10(3)20-6-11(18-13(20)16-8)7-21-14-17-9(2)5-12(15)19-14/h4-6H,7H2,1-3H3,(H2,15,17,19). The minimum atomic E-state index is 0.494. The number of aryl methyl sites for hydroxylation is 3. The SMILES string of the molecule is Cc1cc(N)nc(SCc2cn3c(C)cc(C)nc3n2)n1. The molecule has 7 heteroatoms. The summed E-state index contributed by atoms with van der Waals surface area (Å²) in [6, 6.07) is 3.79. The molecule has 0 aliphatic heterocycles. The first-order chi connectivity index (χ1) is 10.0. The Kier molecular flexibility index (Phi) is 3.50. The van der Waals surface area contributed by atoms with Gasteiger partial charge in [0.25, 0.3) is 0 Å². The second-order valence-corrected chi connectivity index (χ2v) is 5.89. The summed E-state index contributed by atoms with van der Waals surface area (Å²) in [7, 11) is 0. The highest BCUT2D eigenvalue weighted by atomic mass is 32.2. The zero-order valence-electron chi connectivity index (χ0n) is 12.2. The van der Waals surface area contributed by atoms with Crippen LogP contribution in [0.5, 0.6) is 0 Å². The molecule has 0 spiro atoms. The zero-order chi connectivity index (χ0) is 15.0. The Balaban J connectivity index is 1.83. The van der Waals surface area contributed by atoms with E-state index in [1.807, 2.05) is 37.4 Å². The highest BCUT2D eigenvalue weighted by Crippen LogP contribution is 2.20. The van der Waals surface area contributed by atoms with Crippen molar-refractivity contribution in [3.63, 3.8) is 0 Å². The molecule has 6 nitrogen and oxygen atoms in total. The zero-order valence-corrected chi connectivity index (χ0v) is 13.0. The molecule has 0 aromatic carbocycles. The number of thioether (sulfide) groups is 1. The first-order valence-electron chi connectivity index (χ1n) is 6.57. The number of nitrogens with zero attached hydrogens (tertiary/aromatic N) is 5. The van der Waals surface area contributed by atoms with Gasteiger partial charge >= 0.3 is 0 Å². The number of imidazole rings is 1. The van der Waals surface area contributed by atoms with Crippen molar-refractivity contribution in [3.05, 3.63) is 41.1 Å². The summed E-state index contributed by atoms with van der Waals surface area (Å²) in [4.78, 5) is 17.5.